The van der Waals surface area contributed by atoms with E-state index >= 15 is 0 Å². The molecule has 0 aliphatic carbocycles. The van der Waals surface area contributed by atoms with Crippen LogP contribution >= 0.6 is 0 Å². The molecular formula is C13H16N4O. The molecule has 94 valence electrons. The summed E-state index contributed by atoms with van der Waals surface area (Å²) < 4.78 is 7.44. The fourth-order valence-electron chi connectivity index (χ4n) is 2.29. The van der Waals surface area contributed by atoms with Crippen molar-refractivity contribution < 1.29 is 4.74 Å². The number of rotatable bonds is 2. The zero-order valence-corrected chi connectivity index (χ0v) is 10.3. The molecule has 0 bridgehead atoms. The number of nitrogens with zero attached hydrogens (tertiary/aromatic N) is 3. The average molecular weight is 244 g/mol. The summed E-state index contributed by atoms with van der Waals surface area (Å²) in [6.45, 7) is 0.725. The van der Waals surface area contributed by atoms with E-state index in [0.29, 0.717) is 0 Å². The Kier molecular flexibility index (Phi) is 2.85. The van der Waals surface area contributed by atoms with Gasteiger partial charge >= 0.3 is 0 Å². The maximum Gasteiger partial charge on any atom is 0.0991 e. The largest absolute Gasteiger partial charge is 0.372 e. The van der Waals surface area contributed by atoms with E-state index in [-0.39, 0.29) is 12.1 Å². The summed E-state index contributed by atoms with van der Waals surface area (Å²) in [6, 6.07) is 2.15. The van der Waals surface area contributed by atoms with E-state index < -0.39 is 0 Å². The van der Waals surface area contributed by atoms with Gasteiger partial charge in [0.05, 0.1) is 12.3 Å². The number of ether oxygens (including phenoxy) is 1. The van der Waals surface area contributed by atoms with Crippen molar-refractivity contribution in [3.05, 3.63) is 36.4 Å². The van der Waals surface area contributed by atoms with Gasteiger partial charge in [-0.25, -0.2) is 0 Å². The Labute approximate surface area is 106 Å². The highest BCUT2D eigenvalue weighted by Crippen LogP contribution is 2.29. The van der Waals surface area contributed by atoms with Crippen molar-refractivity contribution >= 4 is 0 Å². The Morgan fingerprint density at radius 3 is 2.89 bits per heavy atom. The summed E-state index contributed by atoms with van der Waals surface area (Å²) in [7, 11) is 1.90. The van der Waals surface area contributed by atoms with Gasteiger partial charge in [0.2, 0.25) is 0 Å². The molecule has 0 aromatic carbocycles. The van der Waals surface area contributed by atoms with Crippen LogP contribution in [0.3, 0.4) is 0 Å². The molecule has 1 fully saturated rings. The fraction of sp³-hybridized carbons (Fsp3) is 0.385. The average Bonchev–Trinajstić information content (AvgIpc) is 2.98. The standard InChI is InChI=1S/C13H16N4O/c1-17-8-11(7-16-17)9-4-10(6-15-5-9)13-12(14)2-3-18-13/h4-8,12-13H,2-3,14H2,1H3/t12-,13+/m1/s1. The Bertz CT molecular complexity index is 551. The molecule has 3 heterocycles. The van der Waals surface area contributed by atoms with Gasteiger partial charge in [-0.3, -0.25) is 9.67 Å². The zero-order chi connectivity index (χ0) is 12.5. The molecule has 1 aliphatic heterocycles. The summed E-state index contributed by atoms with van der Waals surface area (Å²) in [4.78, 5) is 4.28. The van der Waals surface area contributed by atoms with E-state index in [0.717, 1.165) is 29.7 Å². The third-order valence-corrected chi connectivity index (χ3v) is 3.26. The molecule has 3 rings (SSSR count). The minimum Gasteiger partial charge on any atom is -0.372 e. The van der Waals surface area contributed by atoms with Crippen LogP contribution in [0.2, 0.25) is 0 Å². The summed E-state index contributed by atoms with van der Waals surface area (Å²) in [5.41, 5.74) is 9.18. The van der Waals surface area contributed by atoms with E-state index in [4.69, 9.17) is 10.5 Å². The van der Waals surface area contributed by atoms with Crippen molar-refractivity contribution in [3.8, 4) is 11.1 Å². The number of hydrogen-bond acceptors (Lipinski definition) is 4. The van der Waals surface area contributed by atoms with Crippen molar-refractivity contribution in [3.63, 3.8) is 0 Å². The summed E-state index contributed by atoms with van der Waals surface area (Å²) in [5.74, 6) is 0. The molecule has 0 unspecified atom stereocenters. The number of nitrogens with two attached hydrogens (primary N) is 1. The van der Waals surface area contributed by atoms with Crippen LogP contribution in [-0.4, -0.2) is 27.4 Å². The van der Waals surface area contributed by atoms with Crippen molar-refractivity contribution in [1.29, 1.82) is 0 Å². The lowest BCUT2D eigenvalue weighted by Gasteiger charge is -2.15. The van der Waals surface area contributed by atoms with Gasteiger partial charge in [-0.2, -0.15) is 5.10 Å². The van der Waals surface area contributed by atoms with Crippen LogP contribution in [0.5, 0.6) is 0 Å². The fourth-order valence-corrected chi connectivity index (χ4v) is 2.29. The van der Waals surface area contributed by atoms with Crippen LogP contribution in [0, 0.1) is 0 Å². The van der Waals surface area contributed by atoms with Crippen molar-refractivity contribution in [2.45, 2.75) is 18.6 Å². The van der Waals surface area contributed by atoms with Crippen molar-refractivity contribution in [2.75, 3.05) is 6.61 Å². The van der Waals surface area contributed by atoms with Crippen LogP contribution in [0.15, 0.2) is 30.9 Å². The minimum atomic E-state index is -0.0332. The van der Waals surface area contributed by atoms with Gasteiger partial charge in [-0.05, 0) is 12.5 Å². The number of hydrogen-bond donors (Lipinski definition) is 1. The third-order valence-electron chi connectivity index (χ3n) is 3.26. The van der Waals surface area contributed by atoms with Crippen molar-refractivity contribution in [2.24, 2.45) is 12.8 Å². The summed E-state index contributed by atoms with van der Waals surface area (Å²) in [5, 5.41) is 4.17. The first kappa shape index (κ1) is 11.4. The van der Waals surface area contributed by atoms with Crippen LogP contribution in [-0.2, 0) is 11.8 Å². The Balaban J connectivity index is 1.94. The predicted molar refractivity (Wildman–Crippen MR) is 67.7 cm³/mol. The highest BCUT2D eigenvalue weighted by atomic mass is 16.5. The van der Waals surface area contributed by atoms with Gasteiger partial charge in [-0.1, -0.05) is 0 Å². The lowest BCUT2D eigenvalue weighted by molar-refractivity contribution is 0.105. The van der Waals surface area contributed by atoms with Gasteiger partial charge in [0.15, 0.2) is 0 Å². The first-order chi connectivity index (χ1) is 8.74. The molecule has 18 heavy (non-hydrogen) atoms. The lowest BCUT2D eigenvalue weighted by atomic mass is 10.0. The summed E-state index contributed by atoms with van der Waals surface area (Å²) >= 11 is 0. The second-order valence-electron chi connectivity index (χ2n) is 4.65. The second-order valence-corrected chi connectivity index (χ2v) is 4.65. The molecule has 0 saturated carbocycles. The maximum absolute atomic E-state index is 6.03. The van der Waals surface area contributed by atoms with Crippen LogP contribution in [0.4, 0.5) is 0 Å². The molecule has 1 saturated heterocycles. The van der Waals surface area contributed by atoms with Gasteiger partial charge in [-0.15, -0.1) is 0 Å². The zero-order valence-electron chi connectivity index (χ0n) is 10.3. The molecule has 0 radical (unpaired) electrons. The Hall–Kier alpha value is -1.72. The van der Waals surface area contributed by atoms with Gasteiger partial charge in [0, 0.05) is 55.0 Å². The molecule has 0 spiro atoms. The normalized spacial score (nSPS) is 23.4. The van der Waals surface area contributed by atoms with Crippen LogP contribution in [0.25, 0.3) is 11.1 Å². The number of aryl methyl sites for hydroxylation is 1. The molecule has 2 N–H and O–H groups in total. The molecule has 2 aromatic heterocycles. The van der Waals surface area contributed by atoms with Gasteiger partial charge in [0.1, 0.15) is 0 Å². The molecule has 5 nitrogen and oxygen atoms in total. The summed E-state index contributed by atoms with van der Waals surface area (Å²) in [6.07, 6.45) is 8.33. The van der Waals surface area contributed by atoms with Crippen LogP contribution in [0.1, 0.15) is 18.1 Å². The van der Waals surface area contributed by atoms with Gasteiger partial charge in [0.25, 0.3) is 0 Å². The second kappa shape index (κ2) is 4.51. The predicted octanol–water partition coefficient (Wildman–Crippen LogP) is 1.27. The van der Waals surface area contributed by atoms with Crippen LogP contribution < -0.4 is 5.73 Å². The van der Waals surface area contributed by atoms with E-state index in [1.54, 1.807) is 4.68 Å². The van der Waals surface area contributed by atoms with E-state index in [1.807, 2.05) is 31.8 Å². The first-order valence-corrected chi connectivity index (χ1v) is 6.05. The van der Waals surface area contributed by atoms with Crippen molar-refractivity contribution in [1.82, 2.24) is 14.8 Å². The topological polar surface area (TPSA) is 66.0 Å². The molecule has 2 aromatic rings. The number of pyridine rings is 1. The first-order valence-electron chi connectivity index (χ1n) is 6.05. The Morgan fingerprint density at radius 2 is 2.22 bits per heavy atom. The van der Waals surface area contributed by atoms with E-state index in [2.05, 4.69) is 16.1 Å². The highest BCUT2D eigenvalue weighted by molar-refractivity contribution is 5.61. The lowest BCUT2D eigenvalue weighted by Crippen LogP contribution is -2.23. The van der Waals surface area contributed by atoms with E-state index in [1.165, 1.54) is 0 Å². The Morgan fingerprint density at radius 1 is 1.33 bits per heavy atom. The maximum atomic E-state index is 6.03. The molecule has 0 amide bonds. The smallest absolute Gasteiger partial charge is 0.0991 e. The quantitative estimate of drug-likeness (QED) is 0.864. The van der Waals surface area contributed by atoms with E-state index in [9.17, 15) is 0 Å². The minimum absolute atomic E-state index is 0.0332. The third kappa shape index (κ3) is 2.02. The molecular weight excluding hydrogens is 228 g/mol. The highest BCUT2D eigenvalue weighted by Gasteiger charge is 2.26. The number of aromatic nitrogens is 3. The SMILES string of the molecule is Cn1cc(-c2cncc([C@@H]3OCC[C@H]3N)c2)cn1. The van der Waals surface area contributed by atoms with Gasteiger partial charge < -0.3 is 10.5 Å². The molecule has 5 heteroatoms. The molecule has 1 aliphatic rings. The molecule has 2 atom stereocenters. The monoisotopic (exact) mass is 244 g/mol.